The fourth-order valence-electron chi connectivity index (χ4n) is 3.33. The van der Waals surface area contributed by atoms with Gasteiger partial charge in [0.05, 0.1) is 15.8 Å². The van der Waals surface area contributed by atoms with E-state index < -0.39 is 0 Å². The number of carbonyl (C=O) groups is 1. The van der Waals surface area contributed by atoms with Crippen LogP contribution in [-0.4, -0.2) is 16.9 Å². The van der Waals surface area contributed by atoms with Gasteiger partial charge in [0.2, 0.25) is 0 Å². The molecular formula is C17H24N2OS. The lowest BCUT2D eigenvalue weighted by Gasteiger charge is -2.16. The van der Waals surface area contributed by atoms with Crippen LogP contribution in [0, 0.1) is 20.8 Å². The van der Waals surface area contributed by atoms with Gasteiger partial charge in [-0.05, 0) is 39.2 Å². The number of amides is 1. The summed E-state index contributed by atoms with van der Waals surface area (Å²) in [4.78, 5) is 17.2. The molecule has 1 fully saturated rings. The van der Waals surface area contributed by atoms with Crippen molar-refractivity contribution >= 4 is 27.5 Å². The minimum atomic E-state index is 0.104. The molecule has 0 aromatic carbocycles. The van der Waals surface area contributed by atoms with Crippen LogP contribution in [-0.2, 0) is 0 Å². The van der Waals surface area contributed by atoms with Crippen molar-refractivity contribution in [1.82, 2.24) is 10.3 Å². The average Bonchev–Trinajstić information content (AvgIpc) is 2.77. The van der Waals surface area contributed by atoms with Crippen LogP contribution in [0.5, 0.6) is 0 Å². The van der Waals surface area contributed by atoms with Crippen LogP contribution in [0.25, 0.3) is 10.2 Å². The second kappa shape index (κ2) is 5.84. The Morgan fingerprint density at radius 2 is 1.81 bits per heavy atom. The van der Waals surface area contributed by atoms with Crippen LogP contribution in [0.3, 0.4) is 0 Å². The number of aromatic amines is 1. The number of aryl methyl sites for hydroxylation is 3. The summed E-state index contributed by atoms with van der Waals surface area (Å²) >= 11 is 1.73. The lowest BCUT2D eigenvalue weighted by molar-refractivity contribution is 0.0935. The van der Waals surface area contributed by atoms with Gasteiger partial charge in [0.1, 0.15) is 0 Å². The van der Waals surface area contributed by atoms with Crippen LogP contribution < -0.4 is 5.32 Å². The van der Waals surface area contributed by atoms with Gasteiger partial charge in [-0.2, -0.15) is 0 Å². The molecule has 0 saturated heterocycles. The average molecular weight is 304 g/mol. The van der Waals surface area contributed by atoms with Gasteiger partial charge in [-0.25, -0.2) is 0 Å². The maximum Gasteiger partial charge on any atom is 0.254 e. The maximum absolute atomic E-state index is 12.7. The molecule has 1 amide bonds. The molecule has 1 aliphatic rings. The number of rotatable bonds is 2. The Bertz CT molecular complexity index is 660. The molecule has 2 N–H and O–H groups in total. The monoisotopic (exact) mass is 304 g/mol. The largest absolute Gasteiger partial charge is 0.357 e. The molecule has 0 spiro atoms. The van der Waals surface area contributed by atoms with E-state index in [1.165, 1.54) is 41.6 Å². The number of hydrogen-bond acceptors (Lipinski definition) is 2. The third-order valence-electron chi connectivity index (χ3n) is 4.72. The molecule has 0 radical (unpaired) electrons. The standard InChI is InChI=1S/C17H24N2OS/c1-10-11(2)18-15-14(12(3)21-16(10)15)17(20)19-13-8-6-4-5-7-9-13/h13,18H,4-9H2,1-3H3,(H,19,20). The van der Waals surface area contributed by atoms with Crippen molar-refractivity contribution in [2.24, 2.45) is 0 Å². The van der Waals surface area contributed by atoms with E-state index in [0.717, 1.165) is 28.8 Å². The van der Waals surface area contributed by atoms with Crippen molar-refractivity contribution in [2.45, 2.75) is 65.3 Å². The van der Waals surface area contributed by atoms with Gasteiger partial charge in [-0.15, -0.1) is 11.3 Å². The van der Waals surface area contributed by atoms with Crippen molar-refractivity contribution in [3.63, 3.8) is 0 Å². The first-order valence-electron chi connectivity index (χ1n) is 7.97. The fraction of sp³-hybridized carbons (Fsp3) is 0.588. The molecule has 0 aliphatic heterocycles. The highest BCUT2D eigenvalue weighted by Crippen LogP contribution is 2.34. The first-order chi connectivity index (χ1) is 10.1. The smallest absolute Gasteiger partial charge is 0.254 e. The lowest BCUT2D eigenvalue weighted by atomic mass is 10.1. The van der Waals surface area contributed by atoms with Gasteiger partial charge in [0.25, 0.3) is 5.91 Å². The van der Waals surface area contributed by atoms with Gasteiger partial charge in [0, 0.05) is 16.6 Å². The van der Waals surface area contributed by atoms with E-state index in [1.54, 1.807) is 11.3 Å². The molecule has 2 heterocycles. The predicted molar refractivity (Wildman–Crippen MR) is 89.3 cm³/mol. The van der Waals surface area contributed by atoms with Crippen LogP contribution in [0.2, 0.25) is 0 Å². The molecule has 21 heavy (non-hydrogen) atoms. The first kappa shape index (κ1) is 14.6. The number of carbonyl (C=O) groups excluding carboxylic acids is 1. The Labute approximate surface area is 130 Å². The molecule has 1 aliphatic carbocycles. The lowest BCUT2D eigenvalue weighted by Crippen LogP contribution is -2.34. The summed E-state index contributed by atoms with van der Waals surface area (Å²) in [5, 5.41) is 3.27. The van der Waals surface area contributed by atoms with Crippen LogP contribution >= 0.6 is 11.3 Å². The highest BCUT2D eigenvalue weighted by molar-refractivity contribution is 7.19. The zero-order valence-electron chi connectivity index (χ0n) is 13.1. The predicted octanol–water partition coefficient (Wildman–Crippen LogP) is 4.61. The van der Waals surface area contributed by atoms with E-state index in [0.29, 0.717) is 6.04 Å². The molecular weight excluding hydrogens is 280 g/mol. The van der Waals surface area contributed by atoms with E-state index in [4.69, 9.17) is 0 Å². The van der Waals surface area contributed by atoms with E-state index in [2.05, 4.69) is 31.1 Å². The van der Waals surface area contributed by atoms with Crippen molar-refractivity contribution in [3.8, 4) is 0 Å². The molecule has 1 saturated carbocycles. The molecule has 0 atom stereocenters. The van der Waals surface area contributed by atoms with Crippen molar-refractivity contribution in [3.05, 3.63) is 21.7 Å². The first-order valence-corrected chi connectivity index (χ1v) is 8.78. The summed E-state index contributed by atoms with van der Waals surface area (Å²) in [5.74, 6) is 0.104. The van der Waals surface area contributed by atoms with Gasteiger partial charge in [-0.3, -0.25) is 4.79 Å². The fourth-order valence-corrected chi connectivity index (χ4v) is 4.50. The topological polar surface area (TPSA) is 44.9 Å². The molecule has 3 nitrogen and oxygen atoms in total. The number of thiophene rings is 1. The van der Waals surface area contributed by atoms with Gasteiger partial charge < -0.3 is 10.3 Å². The third-order valence-corrected chi connectivity index (χ3v) is 5.94. The number of hydrogen-bond donors (Lipinski definition) is 2. The zero-order valence-corrected chi connectivity index (χ0v) is 14.0. The molecule has 2 aromatic heterocycles. The number of H-pyrrole nitrogens is 1. The molecule has 4 heteroatoms. The summed E-state index contributed by atoms with van der Waals surface area (Å²) in [5.41, 5.74) is 4.32. The third kappa shape index (κ3) is 2.73. The quantitative estimate of drug-likeness (QED) is 0.782. The minimum Gasteiger partial charge on any atom is -0.357 e. The highest BCUT2D eigenvalue weighted by atomic mass is 32.1. The second-order valence-corrected chi connectivity index (χ2v) is 7.50. The Balaban J connectivity index is 1.87. The second-order valence-electron chi connectivity index (χ2n) is 6.27. The molecule has 3 rings (SSSR count). The minimum absolute atomic E-state index is 0.104. The van der Waals surface area contributed by atoms with Gasteiger partial charge >= 0.3 is 0 Å². The van der Waals surface area contributed by atoms with E-state index in [9.17, 15) is 4.79 Å². The van der Waals surface area contributed by atoms with Crippen molar-refractivity contribution < 1.29 is 4.79 Å². The van der Waals surface area contributed by atoms with Crippen LogP contribution in [0.15, 0.2) is 0 Å². The number of aromatic nitrogens is 1. The molecule has 2 aromatic rings. The molecule has 0 bridgehead atoms. The Hall–Kier alpha value is -1.29. The normalized spacial score (nSPS) is 17.1. The van der Waals surface area contributed by atoms with Crippen LogP contribution in [0.1, 0.15) is 65.0 Å². The number of nitrogens with one attached hydrogen (secondary N) is 2. The zero-order chi connectivity index (χ0) is 15.0. The molecule has 114 valence electrons. The van der Waals surface area contributed by atoms with Gasteiger partial charge in [-0.1, -0.05) is 25.7 Å². The summed E-state index contributed by atoms with van der Waals surface area (Å²) in [7, 11) is 0. The van der Waals surface area contributed by atoms with Gasteiger partial charge in [0.15, 0.2) is 0 Å². The maximum atomic E-state index is 12.7. The summed E-state index contributed by atoms with van der Waals surface area (Å²) in [6.07, 6.45) is 7.35. The Morgan fingerprint density at radius 3 is 2.48 bits per heavy atom. The van der Waals surface area contributed by atoms with E-state index in [-0.39, 0.29) is 5.91 Å². The SMILES string of the molecule is Cc1[nH]c2c(C(=O)NC3CCCCCC3)c(C)sc2c1C. The van der Waals surface area contributed by atoms with Crippen molar-refractivity contribution in [1.29, 1.82) is 0 Å². The highest BCUT2D eigenvalue weighted by Gasteiger charge is 2.22. The molecule has 0 unspecified atom stereocenters. The summed E-state index contributed by atoms with van der Waals surface area (Å²) in [6, 6.07) is 0.353. The van der Waals surface area contributed by atoms with Crippen LogP contribution in [0.4, 0.5) is 0 Å². The Morgan fingerprint density at radius 1 is 1.14 bits per heavy atom. The summed E-state index contributed by atoms with van der Waals surface area (Å²) < 4.78 is 1.23. The van der Waals surface area contributed by atoms with E-state index in [1.807, 2.05) is 0 Å². The summed E-state index contributed by atoms with van der Waals surface area (Å²) in [6.45, 7) is 6.25. The van der Waals surface area contributed by atoms with E-state index >= 15 is 0 Å². The Kier molecular flexibility index (Phi) is 4.07. The number of fused-ring (bicyclic) bond motifs is 1. The van der Waals surface area contributed by atoms with Crippen molar-refractivity contribution in [2.75, 3.05) is 0 Å².